The molecule has 0 heterocycles. The number of carbonyl (C=O) groups is 1. The Morgan fingerprint density at radius 3 is 2.48 bits per heavy atom. The van der Waals surface area contributed by atoms with Gasteiger partial charge in [0.2, 0.25) is 0 Å². The molecule has 0 spiro atoms. The summed E-state index contributed by atoms with van der Waals surface area (Å²) in [6.45, 7) is 0. The Hall–Kier alpha value is -1.86. The number of amides is 1. The van der Waals surface area contributed by atoms with Crippen LogP contribution in [0.25, 0.3) is 0 Å². The third kappa shape index (κ3) is 3.62. The van der Waals surface area contributed by atoms with Gasteiger partial charge in [-0.05, 0) is 30.3 Å². The lowest BCUT2D eigenvalue weighted by Crippen LogP contribution is -2.21. The summed E-state index contributed by atoms with van der Waals surface area (Å²) in [4.78, 5) is 11.9. The van der Waals surface area contributed by atoms with Crippen LogP contribution in [0, 0.1) is 0 Å². The first kappa shape index (κ1) is 15.5. The van der Waals surface area contributed by atoms with Gasteiger partial charge in [0.05, 0.1) is 16.1 Å². The quantitative estimate of drug-likeness (QED) is 0.870. The fourth-order valence-corrected chi connectivity index (χ4v) is 3.42. The van der Waals surface area contributed by atoms with E-state index >= 15 is 0 Å². The van der Waals surface area contributed by atoms with Crippen LogP contribution in [0.15, 0.2) is 57.9 Å². The topological polar surface area (TPSA) is 75.3 Å². The average Bonchev–Trinajstić information content (AvgIpc) is 2.46. The van der Waals surface area contributed by atoms with Gasteiger partial charge < -0.3 is 5.32 Å². The van der Waals surface area contributed by atoms with Crippen molar-refractivity contribution in [3.8, 4) is 0 Å². The molecule has 0 aliphatic heterocycles. The first-order valence-electron chi connectivity index (χ1n) is 6.03. The number of hydrogen-bond donors (Lipinski definition) is 2. The van der Waals surface area contributed by atoms with Crippen LogP contribution < -0.4 is 10.0 Å². The van der Waals surface area contributed by atoms with Crippen molar-refractivity contribution in [2.45, 2.75) is 4.90 Å². The summed E-state index contributed by atoms with van der Waals surface area (Å²) >= 11 is 3.23. The SMILES string of the molecule is CNC(=O)c1ccccc1NS(=O)(=O)c1cccc(Br)c1. The van der Waals surface area contributed by atoms with E-state index in [4.69, 9.17) is 0 Å². The number of rotatable bonds is 4. The molecule has 21 heavy (non-hydrogen) atoms. The molecule has 0 bridgehead atoms. The summed E-state index contributed by atoms with van der Waals surface area (Å²) < 4.78 is 27.8. The molecule has 0 aliphatic rings. The molecule has 0 fully saturated rings. The minimum Gasteiger partial charge on any atom is -0.355 e. The fourth-order valence-electron chi connectivity index (χ4n) is 1.74. The van der Waals surface area contributed by atoms with Crippen LogP contribution in [0.3, 0.4) is 0 Å². The van der Waals surface area contributed by atoms with E-state index in [1.54, 1.807) is 36.4 Å². The average molecular weight is 369 g/mol. The Morgan fingerprint density at radius 1 is 1.10 bits per heavy atom. The third-order valence-corrected chi connectivity index (χ3v) is 4.61. The number of halogens is 1. The highest BCUT2D eigenvalue weighted by Crippen LogP contribution is 2.22. The molecule has 2 aromatic rings. The molecule has 110 valence electrons. The first-order chi connectivity index (χ1) is 9.94. The van der Waals surface area contributed by atoms with Crippen molar-refractivity contribution in [2.24, 2.45) is 0 Å². The molecule has 2 rings (SSSR count). The predicted molar refractivity (Wildman–Crippen MR) is 84.8 cm³/mol. The minimum absolute atomic E-state index is 0.114. The Morgan fingerprint density at radius 2 is 1.81 bits per heavy atom. The number of carbonyl (C=O) groups excluding carboxylic acids is 1. The van der Waals surface area contributed by atoms with Crippen molar-refractivity contribution in [3.05, 3.63) is 58.6 Å². The molecular weight excluding hydrogens is 356 g/mol. The highest BCUT2D eigenvalue weighted by molar-refractivity contribution is 9.10. The number of nitrogens with one attached hydrogen (secondary N) is 2. The van der Waals surface area contributed by atoms with Crippen LogP contribution in [0.1, 0.15) is 10.4 Å². The van der Waals surface area contributed by atoms with Crippen molar-refractivity contribution in [1.29, 1.82) is 0 Å². The van der Waals surface area contributed by atoms with Gasteiger partial charge in [-0.15, -0.1) is 0 Å². The maximum absolute atomic E-state index is 12.4. The second-order valence-electron chi connectivity index (χ2n) is 4.19. The number of benzene rings is 2. The van der Waals surface area contributed by atoms with E-state index in [9.17, 15) is 13.2 Å². The summed E-state index contributed by atoms with van der Waals surface area (Å²) in [6, 6.07) is 12.8. The Balaban J connectivity index is 2.40. The van der Waals surface area contributed by atoms with Crippen LogP contribution in [0.4, 0.5) is 5.69 Å². The number of sulfonamides is 1. The molecule has 0 radical (unpaired) electrons. The fraction of sp³-hybridized carbons (Fsp3) is 0.0714. The molecule has 0 aliphatic carbocycles. The summed E-state index contributed by atoms with van der Waals surface area (Å²) in [6.07, 6.45) is 0. The molecule has 5 nitrogen and oxygen atoms in total. The van der Waals surface area contributed by atoms with Gasteiger partial charge in [-0.2, -0.15) is 0 Å². The number of para-hydroxylation sites is 1. The van der Waals surface area contributed by atoms with Crippen LogP contribution in [0.2, 0.25) is 0 Å². The van der Waals surface area contributed by atoms with Gasteiger partial charge in [0.15, 0.2) is 0 Å². The predicted octanol–water partition coefficient (Wildman–Crippen LogP) is 2.61. The normalized spacial score (nSPS) is 11.0. The van der Waals surface area contributed by atoms with Crippen molar-refractivity contribution < 1.29 is 13.2 Å². The first-order valence-corrected chi connectivity index (χ1v) is 8.31. The van der Waals surface area contributed by atoms with Gasteiger partial charge >= 0.3 is 0 Å². The third-order valence-electron chi connectivity index (χ3n) is 2.75. The van der Waals surface area contributed by atoms with Gasteiger partial charge in [0.25, 0.3) is 15.9 Å². The van der Waals surface area contributed by atoms with Crippen LogP contribution in [-0.4, -0.2) is 21.4 Å². The van der Waals surface area contributed by atoms with E-state index in [2.05, 4.69) is 26.0 Å². The van der Waals surface area contributed by atoms with Gasteiger partial charge in [-0.3, -0.25) is 9.52 Å². The Labute approximate surface area is 131 Å². The van der Waals surface area contributed by atoms with Gasteiger partial charge in [0, 0.05) is 11.5 Å². The largest absolute Gasteiger partial charge is 0.355 e. The van der Waals surface area contributed by atoms with E-state index in [0.717, 1.165) is 0 Å². The number of hydrogen-bond acceptors (Lipinski definition) is 3. The summed E-state index contributed by atoms with van der Waals surface area (Å²) in [5, 5.41) is 2.48. The summed E-state index contributed by atoms with van der Waals surface area (Å²) in [5.74, 6) is -0.359. The highest BCUT2D eigenvalue weighted by atomic mass is 79.9. The van der Waals surface area contributed by atoms with E-state index in [1.165, 1.54) is 19.2 Å². The van der Waals surface area contributed by atoms with Gasteiger partial charge in [0.1, 0.15) is 0 Å². The van der Waals surface area contributed by atoms with Crippen molar-refractivity contribution >= 4 is 37.5 Å². The zero-order chi connectivity index (χ0) is 15.5. The smallest absolute Gasteiger partial charge is 0.261 e. The molecule has 0 aromatic heterocycles. The Bertz CT molecular complexity index is 775. The second-order valence-corrected chi connectivity index (χ2v) is 6.79. The molecule has 2 N–H and O–H groups in total. The molecule has 0 saturated heterocycles. The van der Waals surface area contributed by atoms with E-state index in [-0.39, 0.29) is 22.1 Å². The lowest BCUT2D eigenvalue weighted by molar-refractivity contribution is 0.0964. The molecule has 1 amide bonds. The van der Waals surface area contributed by atoms with Gasteiger partial charge in [-0.25, -0.2) is 8.42 Å². The standard InChI is InChI=1S/C14H13BrN2O3S/c1-16-14(18)12-7-2-3-8-13(12)17-21(19,20)11-6-4-5-10(15)9-11/h2-9,17H,1H3,(H,16,18). The molecule has 0 unspecified atom stereocenters. The van der Waals surface area contributed by atoms with E-state index in [1.807, 2.05) is 0 Å². The monoisotopic (exact) mass is 368 g/mol. The lowest BCUT2D eigenvalue weighted by atomic mass is 10.2. The van der Waals surface area contributed by atoms with Crippen molar-refractivity contribution in [2.75, 3.05) is 11.8 Å². The zero-order valence-electron chi connectivity index (χ0n) is 11.1. The second kappa shape index (κ2) is 6.28. The molecule has 0 saturated carbocycles. The zero-order valence-corrected chi connectivity index (χ0v) is 13.5. The Kier molecular flexibility index (Phi) is 4.64. The molecular formula is C14H13BrN2O3S. The maximum atomic E-state index is 12.4. The number of anilines is 1. The van der Waals surface area contributed by atoms with Crippen molar-refractivity contribution in [1.82, 2.24) is 5.32 Å². The van der Waals surface area contributed by atoms with E-state index < -0.39 is 10.0 Å². The van der Waals surface area contributed by atoms with Crippen molar-refractivity contribution in [3.63, 3.8) is 0 Å². The molecule has 2 aromatic carbocycles. The van der Waals surface area contributed by atoms with Crippen LogP contribution >= 0.6 is 15.9 Å². The summed E-state index contributed by atoms with van der Waals surface area (Å²) in [5.41, 5.74) is 0.496. The summed E-state index contributed by atoms with van der Waals surface area (Å²) in [7, 11) is -2.27. The van der Waals surface area contributed by atoms with Crippen LogP contribution in [-0.2, 0) is 10.0 Å². The maximum Gasteiger partial charge on any atom is 0.261 e. The minimum atomic E-state index is -3.76. The van der Waals surface area contributed by atoms with Gasteiger partial charge in [-0.1, -0.05) is 34.1 Å². The molecule has 7 heteroatoms. The lowest BCUT2D eigenvalue weighted by Gasteiger charge is -2.12. The molecule has 0 atom stereocenters. The van der Waals surface area contributed by atoms with E-state index in [0.29, 0.717) is 4.47 Å². The van der Waals surface area contributed by atoms with Crippen LogP contribution in [0.5, 0.6) is 0 Å². The highest BCUT2D eigenvalue weighted by Gasteiger charge is 2.18.